The van der Waals surface area contributed by atoms with Crippen molar-refractivity contribution in [3.05, 3.63) is 0 Å². The smallest absolute Gasteiger partial charge is 0.193 e. The number of piperidine rings is 1. The van der Waals surface area contributed by atoms with Gasteiger partial charge in [0.05, 0.1) is 19.8 Å². The van der Waals surface area contributed by atoms with E-state index >= 15 is 0 Å². The molecule has 1 atom stereocenters. The number of likely N-dealkylation sites (tertiary alicyclic amines) is 2. The van der Waals surface area contributed by atoms with Crippen molar-refractivity contribution in [3.63, 3.8) is 0 Å². The lowest BCUT2D eigenvalue weighted by atomic mass is 9.97. The quantitative estimate of drug-likeness (QED) is 0.363. The molecule has 0 amide bonds. The van der Waals surface area contributed by atoms with Crippen LogP contribution in [0.25, 0.3) is 0 Å². The van der Waals surface area contributed by atoms with E-state index in [0.717, 1.165) is 44.7 Å². The number of hydrogen-bond donors (Lipinski definition) is 1. The SMILES string of the molecule is CCCN1CCC(CN=C(NCC)N2CCC(COCCOC)C2)CC1. The molecule has 0 bridgehead atoms. The summed E-state index contributed by atoms with van der Waals surface area (Å²) < 4.78 is 10.8. The minimum Gasteiger partial charge on any atom is -0.382 e. The van der Waals surface area contributed by atoms with Gasteiger partial charge in [-0.25, -0.2) is 0 Å². The van der Waals surface area contributed by atoms with Gasteiger partial charge in [-0.05, 0) is 58.2 Å². The Bertz CT molecular complexity index is 397. The largest absolute Gasteiger partial charge is 0.382 e. The fourth-order valence-corrected chi connectivity index (χ4v) is 3.90. The summed E-state index contributed by atoms with van der Waals surface area (Å²) in [5.74, 6) is 2.45. The van der Waals surface area contributed by atoms with Crippen LogP contribution < -0.4 is 5.32 Å². The molecule has 2 aliphatic heterocycles. The van der Waals surface area contributed by atoms with E-state index in [-0.39, 0.29) is 0 Å². The van der Waals surface area contributed by atoms with Gasteiger partial charge in [-0.3, -0.25) is 4.99 Å². The fraction of sp³-hybridized carbons (Fsp3) is 0.950. The van der Waals surface area contributed by atoms with Crippen LogP contribution in [0.15, 0.2) is 4.99 Å². The van der Waals surface area contributed by atoms with Crippen LogP contribution in [0, 0.1) is 11.8 Å². The minimum atomic E-state index is 0.605. The van der Waals surface area contributed by atoms with Gasteiger partial charge in [-0.15, -0.1) is 0 Å². The highest BCUT2D eigenvalue weighted by atomic mass is 16.5. The lowest BCUT2D eigenvalue weighted by molar-refractivity contribution is 0.0536. The highest BCUT2D eigenvalue weighted by molar-refractivity contribution is 5.80. The second-order valence-corrected chi connectivity index (χ2v) is 7.65. The third-order valence-electron chi connectivity index (χ3n) is 5.45. The first kappa shape index (κ1) is 21.5. The maximum Gasteiger partial charge on any atom is 0.193 e. The van der Waals surface area contributed by atoms with Crippen LogP contribution in [0.1, 0.15) is 39.5 Å². The Morgan fingerprint density at radius 1 is 1.08 bits per heavy atom. The maximum atomic E-state index is 5.71. The number of ether oxygens (including phenoxy) is 2. The zero-order chi connectivity index (χ0) is 18.6. The van der Waals surface area contributed by atoms with Gasteiger partial charge in [0, 0.05) is 39.2 Å². The summed E-state index contributed by atoms with van der Waals surface area (Å²) in [5.41, 5.74) is 0. The van der Waals surface area contributed by atoms with Crippen LogP contribution in [0.3, 0.4) is 0 Å². The summed E-state index contributed by atoms with van der Waals surface area (Å²) >= 11 is 0. The Balaban J connectivity index is 1.74. The van der Waals surface area contributed by atoms with Crippen molar-refractivity contribution in [1.29, 1.82) is 0 Å². The Kier molecular flexibility index (Phi) is 10.3. The lowest BCUT2D eigenvalue weighted by Crippen LogP contribution is -2.41. The molecule has 26 heavy (non-hydrogen) atoms. The fourth-order valence-electron chi connectivity index (χ4n) is 3.90. The zero-order valence-electron chi connectivity index (χ0n) is 17.2. The molecule has 2 saturated heterocycles. The van der Waals surface area contributed by atoms with E-state index in [9.17, 15) is 0 Å². The number of rotatable bonds is 10. The number of guanidine groups is 1. The van der Waals surface area contributed by atoms with Crippen molar-refractivity contribution in [2.75, 3.05) is 72.7 Å². The van der Waals surface area contributed by atoms with Crippen LogP contribution in [0.2, 0.25) is 0 Å². The van der Waals surface area contributed by atoms with E-state index in [1.54, 1.807) is 7.11 Å². The monoisotopic (exact) mass is 368 g/mol. The standard InChI is InChI=1S/C20H40N4O2/c1-4-9-23-10-6-18(7-11-23)15-22-20(21-5-2)24-12-8-19(16-24)17-26-14-13-25-3/h18-19H,4-17H2,1-3H3,(H,21,22). The van der Waals surface area contributed by atoms with Crippen molar-refractivity contribution in [2.45, 2.75) is 39.5 Å². The third-order valence-corrected chi connectivity index (χ3v) is 5.45. The molecule has 1 unspecified atom stereocenters. The molecule has 0 saturated carbocycles. The number of nitrogens with zero attached hydrogens (tertiary/aromatic N) is 3. The Morgan fingerprint density at radius 3 is 2.54 bits per heavy atom. The number of aliphatic imine (C=N–C) groups is 1. The number of methoxy groups -OCH3 is 1. The van der Waals surface area contributed by atoms with Crippen molar-refractivity contribution in [1.82, 2.24) is 15.1 Å². The summed E-state index contributed by atoms with van der Waals surface area (Å²) in [7, 11) is 1.72. The van der Waals surface area contributed by atoms with Gasteiger partial charge in [0.2, 0.25) is 0 Å². The van der Waals surface area contributed by atoms with Gasteiger partial charge in [0.15, 0.2) is 5.96 Å². The Morgan fingerprint density at radius 2 is 1.85 bits per heavy atom. The summed E-state index contributed by atoms with van der Waals surface area (Å²) in [5, 5.41) is 3.49. The average molecular weight is 369 g/mol. The minimum absolute atomic E-state index is 0.605. The second-order valence-electron chi connectivity index (χ2n) is 7.65. The van der Waals surface area contributed by atoms with Gasteiger partial charge in [-0.2, -0.15) is 0 Å². The third kappa shape index (κ3) is 7.41. The molecular formula is C20H40N4O2. The van der Waals surface area contributed by atoms with E-state index in [4.69, 9.17) is 14.5 Å². The molecule has 0 aliphatic carbocycles. The normalized spacial score (nSPS) is 23.0. The molecule has 0 aromatic rings. The Hall–Kier alpha value is -0.850. The van der Waals surface area contributed by atoms with Crippen LogP contribution in [-0.2, 0) is 9.47 Å². The highest BCUT2D eigenvalue weighted by Gasteiger charge is 2.25. The highest BCUT2D eigenvalue weighted by Crippen LogP contribution is 2.19. The topological polar surface area (TPSA) is 49.3 Å². The van der Waals surface area contributed by atoms with E-state index < -0.39 is 0 Å². The van der Waals surface area contributed by atoms with E-state index in [1.807, 2.05) is 0 Å². The second kappa shape index (κ2) is 12.5. The molecule has 0 aromatic heterocycles. The van der Waals surface area contributed by atoms with Crippen molar-refractivity contribution in [3.8, 4) is 0 Å². The first-order valence-corrected chi connectivity index (χ1v) is 10.6. The van der Waals surface area contributed by atoms with Crippen LogP contribution in [0.4, 0.5) is 0 Å². The molecule has 2 heterocycles. The van der Waals surface area contributed by atoms with Crippen LogP contribution in [0.5, 0.6) is 0 Å². The first-order chi connectivity index (χ1) is 12.8. The summed E-state index contributed by atoms with van der Waals surface area (Å²) in [6, 6.07) is 0. The van der Waals surface area contributed by atoms with Gasteiger partial charge >= 0.3 is 0 Å². The van der Waals surface area contributed by atoms with E-state index in [0.29, 0.717) is 19.1 Å². The van der Waals surface area contributed by atoms with Crippen molar-refractivity contribution < 1.29 is 9.47 Å². The molecule has 6 heteroatoms. The molecule has 0 spiro atoms. The number of hydrogen-bond acceptors (Lipinski definition) is 4. The molecule has 2 rings (SSSR count). The summed E-state index contributed by atoms with van der Waals surface area (Å²) in [6.45, 7) is 14.4. The predicted molar refractivity (Wildman–Crippen MR) is 108 cm³/mol. The van der Waals surface area contributed by atoms with Crippen molar-refractivity contribution in [2.24, 2.45) is 16.8 Å². The van der Waals surface area contributed by atoms with Crippen LogP contribution >= 0.6 is 0 Å². The molecule has 152 valence electrons. The maximum absolute atomic E-state index is 5.71. The summed E-state index contributed by atoms with van der Waals surface area (Å²) in [6.07, 6.45) is 5.03. The first-order valence-electron chi connectivity index (χ1n) is 10.6. The molecule has 1 N–H and O–H groups in total. The molecule has 0 radical (unpaired) electrons. The molecule has 6 nitrogen and oxygen atoms in total. The molecule has 0 aromatic carbocycles. The van der Waals surface area contributed by atoms with Gasteiger partial charge in [0.1, 0.15) is 0 Å². The molecule has 2 fully saturated rings. The lowest BCUT2D eigenvalue weighted by Gasteiger charge is -2.31. The van der Waals surface area contributed by atoms with Crippen molar-refractivity contribution >= 4 is 5.96 Å². The molecular weight excluding hydrogens is 328 g/mol. The van der Waals surface area contributed by atoms with Gasteiger partial charge < -0.3 is 24.6 Å². The van der Waals surface area contributed by atoms with Gasteiger partial charge in [0.25, 0.3) is 0 Å². The van der Waals surface area contributed by atoms with E-state index in [1.165, 1.54) is 45.3 Å². The zero-order valence-corrected chi connectivity index (χ0v) is 17.2. The van der Waals surface area contributed by atoms with Crippen LogP contribution in [-0.4, -0.2) is 88.5 Å². The van der Waals surface area contributed by atoms with Gasteiger partial charge in [-0.1, -0.05) is 6.92 Å². The molecule has 2 aliphatic rings. The Labute approximate surface area is 160 Å². The predicted octanol–water partition coefficient (Wildman–Crippen LogP) is 2.06. The van der Waals surface area contributed by atoms with E-state index in [2.05, 4.69) is 29.0 Å². The average Bonchev–Trinajstić information content (AvgIpc) is 3.12. The summed E-state index contributed by atoms with van der Waals surface area (Å²) in [4.78, 5) is 10.0. The number of nitrogens with one attached hydrogen (secondary N) is 1.